The maximum absolute atomic E-state index is 12.9. The lowest BCUT2D eigenvalue weighted by Gasteiger charge is -2.28. The van der Waals surface area contributed by atoms with E-state index >= 15 is 0 Å². The van der Waals surface area contributed by atoms with Gasteiger partial charge in [-0.25, -0.2) is 0 Å². The third-order valence-corrected chi connectivity index (χ3v) is 3.84. The molecule has 1 aliphatic heterocycles. The molecule has 0 radical (unpaired) electrons. The first kappa shape index (κ1) is 13.8. The highest BCUT2D eigenvalue weighted by Gasteiger charge is 2.22. The SMILES string of the molecule is Cc1cncc(-c2ccccc2)c1C(=O)N1CCNCC1. The highest BCUT2D eigenvalue weighted by Crippen LogP contribution is 2.26. The molecule has 0 spiro atoms. The fraction of sp³-hybridized carbons (Fsp3) is 0.294. The van der Waals surface area contributed by atoms with Crippen LogP contribution in [0.3, 0.4) is 0 Å². The van der Waals surface area contributed by atoms with E-state index in [1.54, 1.807) is 12.4 Å². The first-order chi connectivity index (χ1) is 10.3. The van der Waals surface area contributed by atoms with Crippen LogP contribution in [0.2, 0.25) is 0 Å². The van der Waals surface area contributed by atoms with Crippen molar-refractivity contribution in [2.45, 2.75) is 6.92 Å². The molecule has 21 heavy (non-hydrogen) atoms. The number of nitrogens with one attached hydrogen (secondary N) is 1. The second-order valence-corrected chi connectivity index (χ2v) is 5.29. The Bertz CT molecular complexity index is 634. The van der Waals surface area contributed by atoms with E-state index in [0.717, 1.165) is 48.4 Å². The lowest BCUT2D eigenvalue weighted by molar-refractivity contribution is 0.0735. The van der Waals surface area contributed by atoms with Gasteiger partial charge in [-0.2, -0.15) is 0 Å². The number of hydrogen-bond acceptors (Lipinski definition) is 3. The van der Waals surface area contributed by atoms with Gasteiger partial charge in [0.05, 0.1) is 5.56 Å². The molecule has 0 bridgehead atoms. The lowest BCUT2D eigenvalue weighted by Crippen LogP contribution is -2.46. The van der Waals surface area contributed by atoms with E-state index in [4.69, 9.17) is 0 Å². The number of aromatic nitrogens is 1. The number of amides is 1. The van der Waals surface area contributed by atoms with Crippen LogP contribution in [-0.4, -0.2) is 42.0 Å². The quantitative estimate of drug-likeness (QED) is 0.917. The van der Waals surface area contributed by atoms with Crippen LogP contribution in [0.4, 0.5) is 0 Å². The molecule has 0 unspecified atom stereocenters. The summed E-state index contributed by atoms with van der Waals surface area (Å²) in [5, 5.41) is 3.28. The number of nitrogens with zero attached hydrogens (tertiary/aromatic N) is 2. The Morgan fingerprint density at radius 3 is 2.57 bits per heavy atom. The normalized spacial score (nSPS) is 15.0. The zero-order valence-electron chi connectivity index (χ0n) is 12.2. The summed E-state index contributed by atoms with van der Waals surface area (Å²) in [7, 11) is 0. The smallest absolute Gasteiger partial charge is 0.254 e. The minimum atomic E-state index is 0.107. The third-order valence-electron chi connectivity index (χ3n) is 3.84. The van der Waals surface area contributed by atoms with E-state index in [-0.39, 0.29) is 5.91 Å². The number of carbonyl (C=O) groups is 1. The van der Waals surface area contributed by atoms with Gasteiger partial charge in [-0.05, 0) is 18.1 Å². The van der Waals surface area contributed by atoms with E-state index in [1.807, 2.05) is 42.2 Å². The van der Waals surface area contributed by atoms with Crippen LogP contribution in [0.5, 0.6) is 0 Å². The van der Waals surface area contributed by atoms with Gasteiger partial charge < -0.3 is 10.2 Å². The van der Waals surface area contributed by atoms with Gasteiger partial charge in [0.2, 0.25) is 0 Å². The number of carbonyl (C=O) groups excluding carboxylic acids is 1. The van der Waals surface area contributed by atoms with E-state index in [9.17, 15) is 4.79 Å². The topological polar surface area (TPSA) is 45.2 Å². The average Bonchev–Trinajstić information content (AvgIpc) is 2.55. The fourth-order valence-corrected chi connectivity index (χ4v) is 2.71. The summed E-state index contributed by atoms with van der Waals surface area (Å²) in [5.74, 6) is 0.107. The summed E-state index contributed by atoms with van der Waals surface area (Å²) in [4.78, 5) is 19.1. The van der Waals surface area contributed by atoms with Gasteiger partial charge in [0.25, 0.3) is 5.91 Å². The minimum Gasteiger partial charge on any atom is -0.336 e. The van der Waals surface area contributed by atoms with Crippen LogP contribution in [0.1, 0.15) is 15.9 Å². The summed E-state index contributed by atoms with van der Waals surface area (Å²) >= 11 is 0. The van der Waals surface area contributed by atoms with Crippen molar-refractivity contribution in [2.24, 2.45) is 0 Å². The number of pyridine rings is 1. The highest BCUT2D eigenvalue weighted by atomic mass is 16.2. The summed E-state index contributed by atoms with van der Waals surface area (Å²) < 4.78 is 0. The van der Waals surface area contributed by atoms with E-state index in [2.05, 4.69) is 10.3 Å². The van der Waals surface area contributed by atoms with Crippen molar-refractivity contribution in [3.05, 3.63) is 53.9 Å². The van der Waals surface area contributed by atoms with Crippen LogP contribution in [0.15, 0.2) is 42.7 Å². The Labute approximate surface area is 124 Å². The van der Waals surface area contributed by atoms with Crippen molar-refractivity contribution in [1.82, 2.24) is 15.2 Å². The summed E-state index contributed by atoms with van der Waals surface area (Å²) in [5.41, 5.74) is 3.66. The van der Waals surface area contributed by atoms with Crippen molar-refractivity contribution in [2.75, 3.05) is 26.2 Å². The van der Waals surface area contributed by atoms with Crippen molar-refractivity contribution < 1.29 is 4.79 Å². The molecule has 1 fully saturated rings. The number of piperazine rings is 1. The molecule has 4 nitrogen and oxygen atoms in total. The fourth-order valence-electron chi connectivity index (χ4n) is 2.71. The van der Waals surface area contributed by atoms with Crippen LogP contribution in [-0.2, 0) is 0 Å². The molecule has 2 aromatic rings. The van der Waals surface area contributed by atoms with Gasteiger partial charge in [-0.3, -0.25) is 9.78 Å². The van der Waals surface area contributed by atoms with E-state index in [1.165, 1.54) is 0 Å². The third kappa shape index (κ3) is 2.81. The van der Waals surface area contributed by atoms with Crippen molar-refractivity contribution in [1.29, 1.82) is 0 Å². The predicted molar refractivity (Wildman–Crippen MR) is 83.2 cm³/mol. The highest BCUT2D eigenvalue weighted by molar-refractivity contribution is 6.02. The van der Waals surface area contributed by atoms with Gasteiger partial charge >= 0.3 is 0 Å². The largest absolute Gasteiger partial charge is 0.336 e. The molecule has 0 aliphatic carbocycles. The Morgan fingerprint density at radius 1 is 1.14 bits per heavy atom. The molecular weight excluding hydrogens is 262 g/mol. The Morgan fingerprint density at radius 2 is 1.86 bits per heavy atom. The van der Waals surface area contributed by atoms with Gasteiger partial charge in [-0.15, -0.1) is 0 Å². The molecule has 1 N–H and O–H groups in total. The second kappa shape index (κ2) is 6.06. The first-order valence-corrected chi connectivity index (χ1v) is 7.27. The lowest BCUT2D eigenvalue weighted by atomic mass is 9.97. The molecule has 4 heteroatoms. The molecule has 108 valence electrons. The molecule has 0 atom stereocenters. The number of rotatable bonds is 2. The van der Waals surface area contributed by atoms with Crippen molar-refractivity contribution in [3.8, 4) is 11.1 Å². The standard InChI is InChI=1S/C17H19N3O/c1-13-11-19-12-15(14-5-3-2-4-6-14)16(13)17(21)20-9-7-18-8-10-20/h2-6,11-12,18H,7-10H2,1H3. The van der Waals surface area contributed by atoms with Gasteiger partial charge in [0, 0.05) is 44.1 Å². The molecule has 3 rings (SSSR count). The molecule has 1 aromatic heterocycles. The monoisotopic (exact) mass is 281 g/mol. The zero-order valence-corrected chi connectivity index (χ0v) is 12.2. The van der Waals surface area contributed by atoms with Crippen LogP contribution in [0, 0.1) is 6.92 Å². The first-order valence-electron chi connectivity index (χ1n) is 7.27. The van der Waals surface area contributed by atoms with E-state index in [0.29, 0.717) is 0 Å². The Kier molecular flexibility index (Phi) is 3.97. The van der Waals surface area contributed by atoms with Gasteiger partial charge in [-0.1, -0.05) is 30.3 Å². The van der Waals surface area contributed by atoms with Crippen LogP contribution < -0.4 is 5.32 Å². The molecule has 0 saturated carbocycles. The molecule has 2 heterocycles. The number of aryl methyl sites for hydroxylation is 1. The second-order valence-electron chi connectivity index (χ2n) is 5.29. The molecule has 1 aromatic carbocycles. The van der Waals surface area contributed by atoms with E-state index < -0.39 is 0 Å². The maximum Gasteiger partial charge on any atom is 0.254 e. The zero-order chi connectivity index (χ0) is 14.7. The summed E-state index contributed by atoms with van der Waals surface area (Å²) in [6.45, 7) is 5.19. The summed E-state index contributed by atoms with van der Waals surface area (Å²) in [6, 6.07) is 9.98. The molecule has 1 aliphatic rings. The van der Waals surface area contributed by atoms with Crippen molar-refractivity contribution >= 4 is 5.91 Å². The Hall–Kier alpha value is -2.20. The molecular formula is C17H19N3O. The molecule has 1 saturated heterocycles. The Balaban J connectivity index is 2.03. The number of hydrogen-bond donors (Lipinski definition) is 1. The maximum atomic E-state index is 12.9. The molecule has 1 amide bonds. The van der Waals surface area contributed by atoms with Gasteiger partial charge in [0.1, 0.15) is 0 Å². The van der Waals surface area contributed by atoms with Crippen LogP contribution in [0.25, 0.3) is 11.1 Å². The number of benzene rings is 1. The van der Waals surface area contributed by atoms with Crippen molar-refractivity contribution in [3.63, 3.8) is 0 Å². The average molecular weight is 281 g/mol. The summed E-state index contributed by atoms with van der Waals surface area (Å²) in [6.07, 6.45) is 3.56. The van der Waals surface area contributed by atoms with Gasteiger partial charge in [0.15, 0.2) is 0 Å². The van der Waals surface area contributed by atoms with Crippen LogP contribution >= 0.6 is 0 Å². The predicted octanol–water partition coefficient (Wildman–Crippen LogP) is 2.10. The minimum absolute atomic E-state index is 0.107.